The van der Waals surface area contributed by atoms with Crippen LogP contribution in [0, 0.1) is 0 Å². The topological polar surface area (TPSA) is 53.6 Å². The van der Waals surface area contributed by atoms with Crippen molar-refractivity contribution in [3.05, 3.63) is 29.8 Å². The predicted octanol–water partition coefficient (Wildman–Crippen LogP) is 0.995. The number of nitrogens with one attached hydrogen (secondary N) is 2. The normalized spacial score (nSPS) is 16.0. The summed E-state index contributed by atoms with van der Waals surface area (Å²) in [7, 11) is 3.67. The van der Waals surface area contributed by atoms with Crippen molar-refractivity contribution in [3.63, 3.8) is 0 Å². The van der Waals surface area contributed by atoms with Crippen molar-refractivity contribution in [1.29, 1.82) is 0 Å². The van der Waals surface area contributed by atoms with E-state index in [9.17, 15) is 4.79 Å². The number of carbonyl (C=O) groups is 1. The summed E-state index contributed by atoms with van der Waals surface area (Å²) in [5, 5.41) is 6.31. The van der Waals surface area contributed by atoms with E-state index in [2.05, 4.69) is 15.5 Å². The van der Waals surface area contributed by atoms with Crippen LogP contribution in [0.3, 0.4) is 0 Å². The lowest BCUT2D eigenvalue weighted by Crippen LogP contribution is -2.45. The molecule has 1 aromatic rings. The summed E-state index contributed by atoms with van der Waals surface area (Å²) >= 11 is 0. The molecular weight excluding hydrogens is 266 g/mol. The molecule has 0 bridgehead atoms. The van der Waals surface area contributed by atoms with Crippen molar-refractivity contribution < 1.29 is 9.53 Å². The summed E-state index contributed by atoms with van der Waals surface area (Å²) < 4.78 is 5.29. The van der Waals surface area contributed by atoms with E-state index in [4.69, 9.17) is 4.74 Å². The van der Waals surface area contributed by atoms with Crippen LogP contribution in [0.4, 0.5) is 0 Å². The second kappa shape index (κ2) is 8.00. The summed E-state index contributed by atoms with van der Waals surface area (Å²) in [4.78, 5) is 14.2. The lowest BCUT2D eigenvalue weighted by atomic mass is 10.1. The Morgan fingerprint density at radius 2 is 2.10 bits per heavy atom. The molecule has 0 spiro atoms. The first kappa shape index (κ1) is 15.8. The van der Waals surface area contributed by atoms with Crippen molar-refractivity contribution in [2.45, 2.75) is 25.4 Å². The second-order valence-corrected chi connectivity index (χ2v) is 5.48. The Hall–Kier alpha value is -1.59. The zero-order valence-electron chi connectivity index (χ0n) is 12.9. The number of rotatable bonds is 6. The highest BCUT2D eigenvalue weighted by Crippen LogP contribution is 2.16. The summed E-state index contributed by atoms with van der Waals surface area (Å²) in [6.45, 7) is 3.03. The Balaban J connectivity index is 1.78. The number of benzene rings is 1. The van der Waals surface area contributed by atoms with E-state index in [1.54, 1.807) is 7.11 Å². The average Bonchev–Trinajstić information content (AvgIpc) is 2.54. The Labute approximate surface area is 126 Å². The second-order valence-electron chi connectivity index (χ2n) is 5.48. The van der Waals surface area contributed by atoms with Gasteiger partial charge in [-0.2, -0.15) is 0 Å². The molecule has 1 aliphatic rings. The van der Waals surface area contributed by atoms with Crippen LogP contribution in [0.1, 0.15) is 18.4 Å². The third-order valence-electron chi connectivity index (χ3n) is 3.99. The Kier molecular flexibility index (Phi) is 6.02. The van der Waals surface area contributed by atoms with E-state index in [1.165, 1.54) is 0 Å². The van der Waals surface area contributed by atoms with Gasteiger partial charge in [-0.15, -0.1) is 0 Å². The van der Waals surface area contributed by atoms with E-state index in [0.29, 0.717) is 19.1 Å². The van der Waals surface area contributed by atoms with Gasteiger partial charge in [-0.3, -0.25) is 9.69 Å². The molecule has 1 aliphatic heterocycles. The molecule has 5 heteroatoms. The molecule has 1 saturated heterocycles. The highest BCUT2D eigenvalue weighted by atomic mass is 16.5. The number of ether oxygens (including phenoxy) is 1. The molecule has 0 atom stereocenters. The molecule has 0 aromatic heterocycles. The zero-order valence-corrected chi connectivity index (χ0v) is 12.9. The molecule has 1 amide bonds. The molecule has 0 saturated carbocycles. The summed E-state index contributed by atoms with van der Waals surface area (Å²) in [5.74, 6) is 0.867. The molecule has 5 nitrogen and oxygen atoms in total. The Morgan fingerprint density at radius 3 is 2.81 bits per heavy atom. The van der Waals surface area contributed by atoms with Crippen LogP contribution in [0.15, 0.2) is 24.3 Å². The van der Waals surface area contributed by atoms with Gasteiger partial charge in [0, 0.05) is 18.2 Å². The van der Waals surface area contributed by atoms with E-state index in [0.717, 1.165) is 37.2 Å². The maximum atomic E-state index is 12.1. The summed E-state index contributed by atoms with van der Waals surface area (Å²) in [6, 6.07) is 8.25. The minimum Gasteiger partial charge on any atom is -0.496 e. The van der Waals surface area contributed by atoms with Crippen LogP contribution in [0.2, 0.25) is 0 Å². The Bertz CT molecular complexity index is 459. The van der Waals surface area contributed by atoms with Crippen molar-refractivity contribution >= 4 is 5.91 Å². The molecule has 1 aromatic carbocycles. The number of piperidine rings is 1. The SMILES string of the molecule is COc1ccccc1CNC(=O)CN(C)C1CCNCC1. The van der Waals surface area contributed by atoms with Gasteiger partial charge in [-0.25, -0.2) is 0 Å². The first-order chi connectivity index (χ1) is 10.2. The van der Waals surface area contributed by atoms with Crippen LogP contribution in [0.5, 0.6) is 5.75 Å². The smallest absolute Gasteiger partial charge is 0.234 e. The van der Waals surface area contributed by atoms with E-state index in [1.807, 2.05) is 31.3 Å². The molecule has 116 valence electrons. The summed E-state index contributed by atoms with van der Waals surface area (Å²) in [6.07, 6.45) is 2.21. The monoisotopic (exact) mass is 291 g/mol. The van der Waals surface area contributed by atoms with Crippen LogP contribution < -0.4 is 15.4 Å². The Morgan fingerprint density at radius 1 is 1.38 bits per heavy atom. The van der Waals surface area contributed by atoms with Gasteiger partial charge in [0.05, 0.1) is 13.7 Å². The van der Waals surface area contributed by atoms with Gasteiger partial charge >= 0.3 is 0 Å². The molecule has 1 heterocycles. The average molecular weight is 291 g/mol. The molecular formula is C16H25N3O2. The van der Waals surface area contributed by atoms with Gasteiger partial charge in [0.2, 0.25) is 5.91 Å². The predicted molar refractivity (Wildman–Crippen MR) is 83.4 cm³/mol. The third-order valence-corrected chi connectivity index (χ3v) is 3.99. The highest BCUT2D eigenvalue weighted by Gasteiger charge is 2.19. The number of hydrogen-bond acceptors (Lipinski definition) is 4. The first-order valence-corrected chi connectivity index (χ1v) is 7.50. The van der Waals surface area contributed by atoms with E-state index in [-0.39, 0.29) is 5.91 Å². The minimum absolute atomic E-state index is 0.0574. The van der Waals surface area contributed by atoms with Gasteiger partial charge in [0.25, 0.3) is 0 Å². The molecule has 2 N–H and O–H groups in total. The standard InChI is InChI=1S/C16H25N3O2/c1-19(14-7-9-17-10-8-14)12-16(20)18-11-13-5-3-4-6-15(13)21-2/h3-6,14,17H,7-12H2,1-2H3,(H,18,20). The minimum atomic E-state index is 0.0574. The number of nitrogens with zero attached hydrogens (tertiary/aromatic N) is 1. The van der Waals surface area contributed by atoms with Crippen molar-refractivity contribution in [2.75, 3.05) is 33.8 Å². The molecule has 0 unspecified atom stereocenters. The van der Waals surface area contributed by atoms with E-state index >= 15 is 0 Å². The fourth-order valence-corrected chi connectivity index (χ4v) is 2.70. The van der Waals surface area contributed by atoms with Gasteiger partial charge in [0.1, 0.15) is 5.75 Å². The highest BCUT2D eigenvalue weighted by molar-refractivity contribution is 5.78. The number of carbonyl (C=O) groups excluding carboxylic acids is 1. The van der Waals surface area contributed by atoms with Gasteiger partial charge in [0.15, 0.2) is 0 Å². The number of amides is 1. The number of likely N-dealkylation sites (N-methyl/N-ethyl adjacent to an activating group) is 1. The van der Waals surface area contributed by atoms with Gasteiger partial charge in [-0.05, 0) is 39.0 Å². The summed E-state index contributed by atoms with van der Waals surface area (Å²) in [5.41, 5.74) is 0.998. The van der Waals surface area contributed by atoms with Crippen LogP contribution in [-0.4, -0.2) is 50.6 Å². The molecule has 0 radical (unpaired) electrons. The fraction of sp³-hybridized carbons (Fsp3) is 0.562. The maximum absolute atomic E-state index is 12.1. The fourth-order valence-electron chi connectivity index (χ4n) is 2.70. The first-order valence-electron chi connectivity index (χ1n) is 7.50. The van der Waals surface area contributed by atoms with Crippen LogP contribution in [-0.2, 0) is 11.3 Å². The van der Waals surface area contributed by atoms with Gasteiger partial charge in [-0.1, -0.05) is 18.2 Å². The van der Waals surface area contributed by atoms with Crippen molar-refractivity contribution in [3.8, 4) is 5.75 Å². The largest absolute Gasteiger partial charge is 0.496 e. The molecule has 1 fully saturated rings. The maximum Gasteiger partial charge on any atom is 0.234 e. The van der Waals surface area contributed by atoms with Crippen LogP contribution in [0.25, 0.3) is 0 Å². The molecule has 0 aliphatic carbocycles. The lowest BCUT2D eigenvalue weighted by Gasteiger charge is -2.31. The zero-order chi connectivity index (χ0) is 15.1. The number of hydrogen-bond donors (Lipinski definition) is 2. The van der Waals surface area contributed by atoms with E-state index < -0.39 is 0 Å². The third kappa shape index (κ3) is 4.72. The number of methoxy groups -OCH3 is 1. The molecule has 21 heavy (non-hydrogen) atoms. The lowest BCUT2D eigenvalue weighted by molar-refractivity contribution is -0.122. The van der Waals surface area contributed by atoms with Gasteiger partial charge < -0.3 is 15.4 Å². The number of para-hydroxylation sites is 1. The van der Waals surface area contributed by atoms with Crippen molar-refractivity contribution in [2.24, 2.45) is 0 Å². The van der Waals surface area contributed by atoms with Crippen LogP contribution >= 0.6 is 0 Å². The quantitative estimate of drug-likeness (QED) is 0.821. The molecule has 2 rings (SSSR count). The van der Waals surface area contributed by atoms with Crippen molar-refractivity contribution in [1.82, 2.24) is 15.5 Å².